The number of nitrogens with one attached hydrogen (secondary N) is 2. The lowest BCUT2D eigenvalue weighted by molar-refractivity contribution is -0.136. The number of ether oxygens (including phenoxy) is 1. The number of carbonyl (C=O) groups excluding carboxylic acids is 4. The summed E-state index contributed by atoms with van der Waals surface area (Å²) in [5.74, 6) is -2.89. The Balaban J connectivity index is 1.59. The molecule has 0 unspecified atom stereocenters. The molecular formula is C23H18N4O5. The lowest BCUT2D eigenvalue weighted by Gasteiger charge is -2.07. The summed E-state index contributed by atoms with van der Waals surface area (Å²) in [5.41, 5.74) is 8.61. The van der Waals surface area contributed by atoms with Crippen molar-refractivity contribution >= 4 is 35.6 Å². The van der Waals surface area contributed by atoms with Gasteiger partial charge in [0, 0.05) is 16.8 Å². The molecule has 9 heteroatoms. The third-order valence-corrected chi connectivity index (χ3v) is 4.13. The highest BCUT2D eigenvalue weighted by Crippen LogP contribution is 2.17. The number of esters is 1. The molecule has 3 amide bonds. The molecule has 0 saturated heterocycles. The number of nitrogens with two attached hydrogens (primary N) is 1. The van der Waals surface area contributed by atoms with Gasteiger partial charge >= 0.3 is 17.8 Å². The Bertz CT molecular complexity index is 1170. The minimum absolute atomic E-state index is 0.235. The SMILES string of the molecule is NC(=O)c1ccc(NC(=O)C(=O)N/N=C/c2ccccc2OC(=O)c2ccccc2)cc1. The standard InChI is InChI=1S/C23H18N4O5/c24-20(28)15-10-12-18(13-11-15)26-21(29)22(30)27-25-14-17-8-4-5-9-19(17)32-23(31)16-6-2-1-3-7-16/h1-14H,(H2,24,28)(H,26,29)(H,27,30)/b25-14+. The van der Waals surface area contributed by atoms with Gasteiger partial charge in [-0.15, -0.1) is 0 Å². The van der Waals surface area contributed by atoms with Crippen molar-refractivity contribution in [2.24, 2.45) is 10.8 Å². The summed E-state index contributed by atoms with van der Waals surface area (Å²) < 4.78 is 5.39. The average Bonchev–Trinajstić information content (AvgIpc) is 2.81. The lowest BCUT2D eigenvalue weighted by Crippen LogP contribution is -2.32. The van der Waals surface area contributed by atoms with Crippen LogP contribution in [-0.4, -0.2) is 29.9 Å². The molecule has 0 spiro atoms. The molecule has 0 fully saturated rings. The molecule has 3 rings (SSSR count). The van der Waals surface area contributed by atoms with Crippen LogP contribution in [0.1, 0.15) is 26.3 Å². The number of primary amides is 1. The van der Waals surface area contributed by atoms with Gasteiger partial charge in [0.05, 0.1) is 11.8 Å². The molecular weight excluding hydrogens is 412 g/mol. The van der Waals surface area contributed by atoms with E-state index in [0.717, 1.165) is 0 Å². The molecule has 0 aliphatic rings. The van der Waals surface area contributed by atoms with E-state index in [0.29, 0.717) is 16.8 Å². The Morgan fingerprint density at radius 1 is 0.781 bits per heavy atom. The molecule has 0 aliphatic carbocycles. The molecule has 4 N–H and O–H groups in total. The van der Waals surface area contributed by atoms with Crippen molar-refractivity contribution in [1.29, 1.82) is 0 Å². The Morgan fingerprint density at radius 3 is 2.12 bits per heavy atom. The van der Waals surface area contributed by atoms with Crippen LogP contribution in [0.2, 0.25) is 0 Å². The molecule has 0 heterocycles. The fourth-order valence-corrected chi connectivity index (χ4v) is 2.53. The highest BCUT2D eigenvalue weighted by atomic mass is 16.5. The van der Waals surface area contributed by atoms with Crippen LogP contribution in [0, 0.1) is 0 Å². The van der Waals surface area contributed by atoms with Crippen molar-refractivity contribution in [1.82, 2.24) is 5.43 Å². The second kappa shape index (κ2) is 10.3. The first-order chi connectivity index (χ1) is 15.4. The van der Waals surface area contributed by atoms with Crippen LogP contribution in [0.15, 0.2) is 84.0 Å². The monoisotopic (exact) mass is 430 g/mol. The number of hydrogen-bond acceptors (Lipinski definition) is 6. The summed E-state index contributed by atoms with van der Waals surface area (Å²) in [6, 6.07) is 20.8. The molecule has 0 bridgehead atoms. The van der Waals surface area contributed by atoms with Crippen LogP contribution in [0.5, 0.6) is 5.75 Å². The number of rotatable bonds is 6. The van der Waals surface area contributed by atoms with Gasteiger partial charge in [-0.3, -0.25) is 14.4 Å². The van der Waals surface area contributed by atoms with Crippen molar-refractivity contribution in [3.05, 3.63) is 95.6 Å². The van der Waals surface area contributed by atoms with Crippen LogP contribution in [0.3, 0.4) is 0 Å². The summed E-state index contributed by atoms with van der Waals surface area (Å²) in [5, 5.41) is 6.11. The van der Waals surface area contributed by atoms with Gasteiger partial charge in [0.15, 0.2) is 0 Å². The predicted octanol–water partition coefficient (Wildman–Crippen LogP) is 2.09. The second-order valence-electron chi connectivity index (χ2n) is 6.39. The summed E-state index contributed by atoms with van der Waals surface area (Å²) in [6.07, 6.45) is 1.25. The zero-order chi connectivity index (χ0) is 22.9. The minimum Gasteiger partial charge on any atom is -0.422 e. The van der Waals surface area contributed by atoms with Crippen LogP contribution < -0.4 is 21.2 Å². The van der Waals surface area contributed by atoms with Crippen molar-refractivity contribution < 1.29 is 23.9 Å². The Hall–Kier alpha value is -4.79. The van der Waals surface area contributed by atoms with Crippen molar-refractivity contribution in [3.8, 4) is 5.75 Å². The number of benzene rings is 3. The zero-order valence-electron chi connectivity index (χ0n) is 16.6. The molecule has 160 valence electrons. The first kappa shape index (κ1) is 21.9. The van der Waals surface area contributed by atoms with E-state index >= 15 is 0 Å². The van der Waals surface area contributed by atoms with Gasteiger partial charge in [-0.25, -0.2) is 10.2 Å². The van der Waals surface area contributed by atoms with Crippen molar-refractivity contribution in [2.45, 2.75) is 0 Å². The van der Waals surface area contributed by atoms with Crippen LogP contribution >= 0.6 is 0 Å². The number of hydrazone groups is 1. The lowest BCUT2D eigenvalue weighted by atomic mass is 10.2. The van der Waals surface area contributed by atoms with Crippen LogP contribution in [-0.2, 0) is 9.59 Å². The predicted molar refractivity (Wildman–Crippen MR) is 117 cm³/mol. The fraction of sp³-hybridized carbons (Fsp3) is 0. The van der Waals surface area contributed by atoms with E-state index in [9.17, 15) is 19.2 Å². The second-order valence-corrected chi connectivity index (χ2v) is 6.39. The third-order valence-electron chi connectivity index (χ3n) is 4.13. The molecule has 9 nitrogen and oxygen atoms in total. The van der Waals surface area contributed by atoms with Crippen LogP contribution in [0.4, 0.5) is 5.69 Å². The minimum atomic E-state index is -1.01. The summed E-state index contributed by atoms with van der Waals surface area (Å²) in [6.45, 7) is 0. The molecule has 0 aliphatic heterocycles. The first-order valence-corrected chi connectivity index (χ1v) is 9.34. The quantitative estimate of drug-likeness (QED) is 0.181. The Labute approximate surface area is 182 Å². The van der Waals surface area contributed by atoms with E-state index in [-0.39, 0.29) is 11.3 Å². The van der Waals surface area contributed by atoms with Gasteiger partial charge in [0.25, 0.3) is 0 Å². The normalized spacial score (nSPS) is 10.4. The Kier molecular flexibility index (Phi) is 7.05. The molecule has 32 heavy (non-hydrogen) atoms. The fourth-order valence-electron chi connectivity index (χ4n) is 2.53. The smallest absolute Gasteiger partial charge is 0.343 e. The molecule has 3 aromatic rings. The first-order valence-electron chi connectivity index (χ1n) is 9.34. The average molecular weight is 430 g/mol. The van der Waals surface area contributed by atoms with Crippen molar-refractivity contribution in [2.75, 3.05) is 5.32 Å². The van der Waals surface area contributed by atoms with Gasteiger partial charge in [-0.1, -0.05) is 30.3 Å². The molecule has 0 saturated carbocycles. The number of amides is 3. The number of hydrogen-bond donors (Lipinski definition) is 3. The highest BCUT2D eigenvalue weighted by molar-refractivity contribution is 6.39. The summed E-state index contributed by atoms with van der Waals surface area (Å²) in [7, 11) is 0. The van der Waals surface area contributed by atoms with Crippen LogP contribution in [0.25, 0.3) is 0 Å². The maximum Gasteiger partial charge on any atom is 0.343 e. The van der Waals surface area contributed by atoms with E-state index in [1.807, 2.05) is 0 Å². The van der Waals surface area contributed by atoms with Gasteiger partial charge in [-0.2, -0.15) is 5.10 Å². The van der Waals surface area contributed by atoms with E-state index in [1.54, 1.807) is 54.6 Å². The van der Waals surface area contributed by atoms with Gasteiger partial charge < -0.3 is 15.8 Å². The number of nitrogens with zero attached hydrogens (tertiary/aromatic N) is 1. The molecule has 0 aromatic heterocycles. The van der Waals surface area contributed by atoms with E-state index < -0.39 is 23.7 Å². The maximum atomic E-state index is 12.3. The maximum absolute atomic E-state index is 12.3. The van der Waals surface area contributed by atoms with Gasteiger partial charge in [-0.05, 0) is 48.5 Å². The van der Waals surface area contributed by atoms with Crippen molar-refractivity contribution in [3.63, 3.8) is 0 Å². The number of carbonyl (C=O) groups is 4. The summed E-state index contributed by atoms with van der Waals surface area (Å²) in [4.78, 5) is 47.3. The van der Waals surface area contributed by atoms with E-state index in [4.69, 9.17) is 10.5 Å². The topological polar surface area (TPSA) is 140 Å². The number of para-hydroxylation sites is 1. The number of anilines is 1. The zero-order valence-corrected chi connectivity index (χ0v) is 16.6. The molecule has 3 aromatic carbocycles. The van der Waals surface area contributed by atoms with Gasteiger partial charge in [0.1, 0.15) is 5.75 Å². The molecule has 0 atom stereocenters. The van der Waals surface area contributed by atoms with E-state index in [2.05, 4.69) is 15.8 Å². The van der Waals surface area contributed by atoms with Gasteiger partial charge in [0.2, 0.25) is 5.91 Å². The third kappa shape index (κ3) is 5.86. The van der Waals surface area contributed by atoms with E-state index in [1.165, 1.54) is 30.5 Å². The highest BCUT2D eigenvalue weighted by Gasteiger charge is 2.14. The Morgan fingerprint density at radius 2 is 1.44 bits per heavy atom. The molecule has 0 radical (unpaired) electrons. The largest absolute Gasteiger partial charge is 0.422 e. The summed E-state index contributed by atoms with van der Waals surface area (Å²) >= 11 is 0.